The van der Waals surface area contributed by atoms with Crippen LogP contribution in [-0.2, 0) is 11.3 Å². The summed E-state index contributed by atoms with van der Waals surface area (Å²) in [5.41, 5.74) is 7.04. The van der Waals surface area contributed by atoms with Gasteiger partial charge in [0, 0.05) is 13.1 Å². The molecule has 1 aromatic carbocycles. The van der Waals surface area contributed by atoms with Crippen LogP contribution in [0, 0.1) is 5.92 Å². The number of allylic oxidation sites excluding steroid dienone is 4. The molecule has 0 fully saturated rings. The quantitative estimate of drug-likeness (QED) is 0.237. The molecule has 1 aliphatic rings. The van der Waals surface area contributed by atoms with Gasteiger partial charge in [0.25, 0.3) is 5.92 Å². The van der Waals surface area contributed by atoms with Gasteiger partial charge >= 0.3 is 0 Å². The summed E-state index contributed by atoms with van der Waals surface area (Å²) >= 11 is 5.95. The van der Waals surface area contributed by atoms with Crippen LogP contribution in [0.1, 0.15) is 91.8 Å². The molecule has 0 N–H and O–H groups in total. The summed E-state index contributed by atoms with van der Waals surface area (Å²) in [5, 5.41) is 0.175. The lowest BCUT2D eigenvalue weighted by Crippen LogP contribution is -2.10. The van der Waals surface area contributed by atoms with Crippen molar-refractivity contribution in [3.63, 3.8) is 0 Å². The third-order valence-corrected chi connectivity index (χ3v) is 6.83. The van der Waals surface area contributed by atoms with Gasteiger partial charge in [0.1, 0.15) is 6.61 Å². The number of aromatic nitrogens is 2. The van der Waals surface area contributed by atoms with Gasteiger partial charge in [-0.25, -0.2) is 13.8 Å². The van der Waals surface area contributed by atoms with Crippen molar-refractivity contribution in [2.45, 2.75) is 87.7 Å². The Bertz CT molecular complexity index is 1120. The van der Waals surface area contributed by atoms with Crippen LogP contribution >= 0.6 is 11.6 Å². The van der Waals surface area contributed by atoms with Gasteiger partial charge < -0.3 is 9.47 Å². The molecule has 0 bridgehead atoms. The van der Waals surface area contributed by atoms with Crippen molar-refractivity contribution >= 4 is 22.7 Å². The average molecular weight is 563 g/mol. The molecule has 2 aromatic rings. The number of hydrogen-bond donors (Lipinski definition) is 0. The zero-order chi connectivity index (χ0) is 29.6. The van der Waals surface area contributed by atoms with Crippen molar-refractivity contribution in [2.75, 3.05) is 13.2 Å². The van der Waals surface area contributed by atoms with E-state index >= 15 is 0 Å². The number of rotatable bonds is 8. The average Bonchev–Trinajstić information content (AvgIpc) is 3.46. The van der Waals surface area contributed by atoms with Crippen LogP contribution in [0.2, 0.25) is 5.28 Å². The molecular weight excluding hydrogens is 518 g/mol. The van der Waals surface area contributed by atoms with Crippen molar-refractivity contribution in [1.82, 2.24) is 9.97 Å². The fourth-order valence-corrected chi connectivity index (χ4v) is 3.14. The number of halogens is 3. The standard InChI is InChI=1S/C21H23ClN2O2.C6H10F2.C5H12/c1-4-14(2)15(3)17-7-5-16(6-8-17)12-26-20-19(11-23-21(22)24-20)18-9-10-25-13-18;1-4-5(2)6(3,7)8;1-4-5(2)3/h5-9,11H,4,10,12-13H2,1-3H3;4H,1-3H3;5H,4H2,1-3H3/b;5-4+;. The second-order valence-corrected chi connectivity index (χ2v) is 10.3. The number of ether oxygens (including phenoxy) is 2. The number of benzene rings is 1. The molecule has 2 heterocycles. The Morgan fingerprint density at radius 1 is 1.15 bits per heavy atom. The van der Waals surface area contributed by atoms with Gasteiger partial charge in [0.2, 0.25) is 11.2 Å². The van der Waals surface area contributed by atoms with E-state index in [2.05, 4.69) is 75.8 Å². The zero-order valence-corrected chi connectivity index (χ0v) is 25.8. The first-order chi connectivity index (χ1) is 18.3. The van der Waals surface area contributed by atoms with Gasteiger partial charge in [-0.2, -0.15) is 4.98 Å². The van der Waals surface area contributed by atoms with Gasteiger partial charge in [0.05, 0.1) is 18.8 Å². The molecular formula is C32H45ClF2N2O2. The molecule has 39 heavy (non-hydrogen) atoms. The fourth-order valence-electron chi connectivity index (χ4n) is 3.02. The highest BCUT2D eigenvalue weighted by molar-refractivity contribution is 6.28. The lowest BCUT2D eigenvalue weighted by atomic mass is 10.00. The minimum absolute atomic E-state index is 0.123. The molecule has 0 amide bonds. The molecule has 0 unspecified atom stereocenters. The van der Waals surface area contributed by atoms with Gasteiger partial charge in [-0.3, -0.25) is 0 Å². The lowest BCUT2D eigenvalue weighted by Gasteiger charge is -2.12. The monoisotopic (exact) mass is 562 g/mol. The minimum Gasteiger partial charge on any atom is -0.472 e. The van der Waals surface area contributed by atoms with Gasteiger partial charge in [-0.05, 0) is 79.5 Å². The van der Waals surface area contributed by atoms with Crippen LogP contribution in [0.25, 0.3) is 11.1 Å². The van der Waals surface area contributed by atoms with Crippen LogP contribution in [0.3, 0.4) is 0 Å². The zero-order valence-electron chi connectivity index (χ0n) is 25.0. The molecule has 0 aliphatic carbocycles. The molecule has 0 radical (unpaired) electrons. The summed E-state index contributed by atoms with van der Waals surface area (Å²) in [7, 11) is 0. The predicted molar refractivity (Wildman–Crippen MR) is 160 cm³/mol. The largest absolute Gasteiger partial charge is 0.472 e. The van der Waals surface area contributed by atoms with E-state index in [1.165, 1.54) is 36.1 Å². The Balaban J connectivity index is 0.000000487. The Kier molecular flexibility index (Phi) is 15.2. The molecule has 3 rings (SSSR count). The van der Waals surface area contributed by atoms with Crippen LogP contribution in [0.5, 0.6) is 5.88 Å². The van der Waals surface area contributed by atoms with E-state index in [1.54, 1.807) is 13.1 Å². The molecule has 0 saturated heterocycles. The van der Waals surface area contributed by atoms with E-state index in [-0.39, 0.29) is 10.9 Å². The lowest BCUT2D eigenvalue weighted by molar-refractivity contribution is 0.0633. The fraction of sp³-hybridized carbons (Fsp3) is 0.500. The van der Waals surface area contributed by atoms with E-state index in [4.69, 9.17) is 21.1 Å². The Hall–Kier alpha value is -2.57. The summed E-state index contributed by atoms with van der Waals surface area (Å²) in [5.74, 6) is -1.26. The first kappa shape index (κ1) is 34.5. The van der Waals surface area contributed by atoms with Crippen molar-refractivity contribution in [3.8, 4) is 5.88 Å². The normalized spacial score (nSPS) is 14.1. The first-order valence-electron chi connectivity index (χ1n) is 13.5. The molecule has 1 aliphatic heterocycles. The van der Waals surface area contributed by atoms with Crippen molar-refractivity contribution in [1.29, 1.82) is 0 Å². The maximum absolute atomic E-state index is 12.0. The molecule has 216 valence electrons. The van der Waals surface area contributed by atoms with E-state index < -0.39 is 5.92 Å². The molecule has 0 atom stereocenters. The van der Waals surface area contributed by atoms with Gasteiger partial charge in [-0.1, -0.05) is 76.1 Å². The summed E-state index contributed by atoms with van der Waals surface area (Å²) in [6.45, 7) is 18.6. The van der Waals surface area contributed by atoms with Gasteiger partial charge in [0.15, 0.2) is 0 Å². The first-order valence-corrected chi connectivity index (χ1v) is 13.9. The predicted octanol–water partition coefficient (Wildman–Crippen LogP) is 9.99. The molecule has 7 heteroatoms. The van der Waals surface area contributed by atoms with Crippen molar-refractivity contribution in [2.24, 2.45) is 5.92 Å². The third kappa shape index (κ3) is 12.4. The maximum atomic E-state index is 12.0. The van der Waals surface area contributed by atoms with Crippen LogP contribution in [-0.4, -0.2) is 29.1 Å². The van der Waals surface area contributed by atoms with Crippen LogP contribution in [0.15, 0.2) is 53.8 Å². The summed E-state index contributed by atoms with van der Waals surface area (Å²) in [4.78, 5) is 8.31. The maximum Gasteiger partial charge on any atom is 0.266 e. The summed E-state index contributed by atoms with van der Waals surface area (Å²) < 4.78 is 35.4. The number of alkyl halides is 2. The second kappa shape index (κ2) is 17.2. The molecule has 0 saturated carbocycles. The highest BCUT2D eigenvalue weighted by Crippen LogP contribution is 2.28. The highest BCUT2D eigenvalue weighted by Gasteiger charge is 2.22. The summed E-state index contributed by atoms with van der Waals surface area (Å²) in [6.07, 6.45) is 7.49. The molecule has 0 spiro atoms. The van der Waals surface area contributed by atoms with Crippen LogP contribution < -0.4 is 4.74 Å². The highest BCUT2D eigenvalue weighted by atomic mass is 35.5. The topological polar surface area (TPSA) is 44.2 Å². The Labute approximate surface area is 239 Å². The Morgan fingerprint density at radius 3 is 2.21 bits per heavy atom. The van der Waals surface area contributed by atoms with Crippen LogP contribution in [0.4, 0.5) is 8.78 Å². The van der Waals surface area contributed by atoms with Crippen molar-refractivity contribution in [3.05, 3.63) is 75.7 Å². The van der Waals surface area contributed by atoms with E-state index in [9.17, 15) is 8.78 Å². The number of hydrogen-bond acceptors (Lipinski definition) is 4. The smallest absolute Gasteiger partial charge is 0.266 e. The van der Waals surface area contributed by atoms with Gasteiger partial charge in [-0.15, -0.1) is 0 Å². The molecule has 1 aromatic heterocycles. The van der Waals surface area contributed by atoms with Crippen molar-refractivity contribution < 1.29 is 18.3 Å². The van der Waals surface area contributed by atoms with E-state index in [0.717, 1.165) is 36.0 Å². The minimum atomic E-state index is -2.63. The molecule has 4 nitrogen and oxygen atoms in total. The number of nitrogens with zero attached hydrogens (tertiary/aromatic N) is 2. The SMILES string of the molecule is C/C=C(\C)C(C)(F)F.CCC(C)=C(C)c1ccc(COc2nc(Cl)ncc2C2=CCOC2)cc1.CCC(C)C. The summed E-state index contributed by atoms with van der Waals surface area (Å²) in [6, 6.07) is 8.44. The second-order valence-electron chi connectivity index (χ2n) is 10.0. The van der Waals surface area contributed by atoms with E-state index in [0.29, 0.717) is 25.7 Å². The third-order valence-electron chi connectivity index (χ3n) is 6.65. The van der Waals surface area contributed by atoms with E-state index in [1.807, 2.05) is 6.08 Å². The Morgan fingerprint density at radius 2 is 1.77 bits per heavy atom.